The summed E-state index contributed by atoms with van der Waals surface area (Å²) in [7, 11) is 1.69. The van der Waals surface area contributed by atoms with Crippen LogP contribution in [-0.2, 0) is 4.79 Å². The van der Waals surface area contributed by atoms with Gasteiger partial charge in [0.05, 0.1) is 12.8 Å². The second-order valence-corrected chi connectivity index (χ2v) is 6.81. The highest BCUT2D eigenvalue weighted by atomic mass is 16.5. The molecule has 0 bridgehead atoms. The van der Waals surface area contributed by atoms with Crippen molar-refractivity contribution in [2.24, 2.45) is 0 Å². The summed E-state index contributed by atoms with van der Waals surface area (Å²) in [4.78, 5) is 17.1. The normalized spacial score (nSPS) is 15.4. The molecule has 1 heterocycles. The number of carbonyl (C=O) groups excluding carboxylic acids is 1. The van der Waals surface area contributed by atoms with E-state index in [-0.39, 0.29) is 5.91 Å². The number of nitrogens with zero attached hydrogens (tertiary/aromatic N) is 2. The third kappa shape index (κ3) is 4.54. The Labute approximate surface area is 161 Å². The van der Waals surface area contributed by atoms with Crippen LogP contribution >= 0.6 is 0 Å². The topological polar surface area (TPSA) is 42.0 Å². The molecule has 0 aromatic heterocycles. The number of piperazine rings is 1. The minimum atomic E-state index is -0.439. The number of rotatable bonds is 6. The van der Waals surface area contributed by atoms with Crippen LogP contribution in [-0.4, -0.2) is 50.2 Å². The lowest BCUT2D eigenvalue weighted by Crippen LogP contribution is -2.52. The fraction of sp³-hybridized carbons (Fsp3) is 0.409. The second-order valence-electron chi connectivity index (χ2n) is 6.81. The maximum Gasteiger partial charge on any atom is 0.263 e. The van der Waals surface area contributed by atoms with Gasteiger partial charge in [0, 0.05) is 26.2 Å². The predicted molar refractivity (Wildman–Crippen MR) is 108 cm³/mol. The van der Waals surface area contributed by atoms with E-state index in [1.54, 1.807) is 7.11 Å². The average molecular weight is 368 g/mol. The van der Waals surface area contributed by atoms with E-state index in [1.165, 1.54) is 5.56 Å². The molecule has 144 valence electrons. The third-order valence-corrected chi connectivity index (χ3v) is 4.96. The highest BCUT2D eigenvalue weighted by Gasteiger charge is 2.28. The molecule has 0 spiro atoms. The first-order chi connectivity index (χ1) is 13.1. The van der Waals surface area contributed by atoms with Crippen LogP contribution in [0.4, 0.5) is 5.69 Å². The maximum absolute atomic E-state index is 12.9. The first-order valence-electron chi connectivity index (χ1n) is 9.52. The van der Waals surface area contributed by atoms with E-state index < -0.39 is 6.10 Å². The number of carbonyl (C=O) groups is 1. The number of anilines is 1. The molecule has 0 radical (unpaired) electrons. The minimum Gasteiger partial charge on any atom is -0.495 e. The van der Waals surface area contributed by atoms with E-state index in [0.717, 1.165) is 30.3 Å². The molecule has 27 heavy (non-hydrogen) atoms. The highest BCUT2D eigenvalue weighted by Crippen LogP contribution is 2.28. The lowest BCUT2D eigenvalue weighted by molar-refractivity contribution is -0.139. The zero-order chi connectivity index (χ0) is 19.2. The van der Waals surface area contributed by atoms with Gasteiger partial charge < -0.3 is 19.3 Å². The number of amides is 1. The zero-order valence-electron chi connectivity index (χ0n) is 16.4. The molecule has 0 N–H and O–H groups in total. The molecule has 3 rings (SSSR count). The molecule has 5 heteroatoms. The van der Waals surface area contributed by atoms with Crippen molar-refractivity contribution in [2.45, 2.75) is 26.4 Å². The average Bonchev–Trinajstić information content (AvgIpc) is 2.73. The summed E-state index contributed by atoms with van der Waals surface area (Å²) in [6, 6.07) is 15.8. The van der Waals surface area contributed by atoms with Crippen molar-refractivity contribution in [3.63, 3.8) is 0 Å². The van der Waals surface area contributed by atoms with Crippen molar-refractivity contribution >= 4 is 11.6 Å². The minimum absolute atomic E-state index is 0.0674. The zero-order valence-corrected chi connectivity index (χ0v) is 16.4. The molecule has 1 aliphatic rings. The summed E-state index contributed by atoms with van der Waals surface area (Å²) in [6.45, 7) is 6.96. The van der Waals surface area contributed by atoms with Gasteiger partial charge in [0.25, 0.3) is 5.91 Å². The smallest absolute Gasteiger partial charge is 0.263 e. The van der Waals surface area contributed by atoms with E-state index in [4.69, 9.17) is 9.47 Å². The number of hydrogen-bond donors (Lipinski definition) is 0. The van der Waals surface area contributed by atoms with Crippen LogP contribution in [0.5, 0.6) is 11.5 Å². The molecule has 5 nitrogen and oxygen atoms in total. The van der Waals surface area contributed by atoms with Gasteiger partial charge in [-0.25, -0.2) is 0 Å². The summed E-state index contributed by atoms with van der Waals surface area (Å²) in [5.74, 6) is 1.68. The fourth-order valence-electron chi connectivity index (χ4n) is 3.35. The van der Waals surface area contributed by atoms with E-state index >= 15 is 0 Å². The molecule has 0 unspecified atom stereocenters. The van der Waals surface area contributed by atoms with Crippen molar-refractivity contribution in [1.82, 2.24) is 4.90 Å². The second kappa shape index (κ2) is 8.80. The van der Waals surface area contributed by atoms with Crippen molar-refractivity contribution in [3.05, 3.63) is 54.1 Å². The highest BCUT2D eigenvalue weighted by molar-refractivity contribution is 5.81. The molecule has 1 saturated heterocycles. The molecular formula is C22H28N2O3. The van der Waals surface area contributed by atoms with Gasteiger partial charge in [-0.1, -0.05) is 36.8 Å². The number of benzene rings is 2. The predicted octanol–water partition coefficient (Wildman–Crippen LogP) is 3.51. The molecule has 0 saturated carbocycles. The van der Waals surface area contributed by atoms with Crippen molar-refractivity contribution in [1.29, 1.82) is 0 Å². The quantitative estimate of drug-likeness (QED) is 0.783. The van der Waals surface area contributed by atoms with Gasteiger partial charge in [-0.2, -0.15) is 0 Å². The van der Waals surface area contributed by atoms with E-state index in [1.807, 2.05) is 61.2 Å². The van der Waals surface area contributed by atoms with Crippen molar-refractivity contribution < 1.29 is 14.3 Å². The van der Waals surface area contributed by atoms with Crippen molar-refractivity contribution in [2.75, 3.05) is 38.2 Å². The number of ether oxygens (including phenoxy) is 2. The Morgan fingerprint density at radius 2 is 1.70 bits per heavy atom. The summed E-state index contributed by atoms with van der Waals surface area (Å²) in [5.41, 5.74) is 2.25. The van der Waals surface area contributed by atoms with Gasteiger partial charge in [0.2, 0.25) is 0 Å². The molecular weight excluding hydrogens is 340 g/mol. The Balaban J connectivity index is 1.60. The van der Waals surface area contributed by atoms with Crippen LogP contribution in [0.1, 0.15) is 18.9 Å². The SMILES string of the molecule is CC[C@@H](Oc1ccc(C)cc1)C(=O)N1CCN(c2ccccc2OC)CC1. The lowest BCUT2D eigenvalue weighted by atomic mass is 10.2. The van der Waals surface area contributed by atoms with Gasteiger partial charge >= 0.3 is 0 Å². The fourth-order valence-corrected chi connectivity index (χ4v) is 3.35. The summed E-state index contributed by atoms with van der Waals surface area (Å²) in [6.07, 6.45) is 0.213. The monoisotopic (exact) mass is 368 g/mol. The van der Waals surface area contributed by atoms with Gasteiger partial charge in [-0.3, -0.25) is 4.79 Å². The standard InChI is InChI=1S/C22H28N2O3/c1-4-20(27-18-11-9-17(2)10-12-18)22(25)24-15-13-23(14-16-24)19-7-5-6-8-21(19)26-3/h5-12,20H,4,13-16H2,1-3H3/t20-/m1/s1. The number of aryl methyl sites for hydroxylation is 1. The van der Waals surface area contributed by atoms with Crippen LogP contribution in [0.15, 0.2) is 48.5 Å². The van der Waals surface area contributed by atoms with Crippen LogP contribution in [0.25, 0.3) is 0 Å². The Morgan fingerprint density at radius 3 is 2.33 bits per heavy atom. The third-order valence-electron chi connectivity index (χ3n) is 4.96. The van der Waals surface area contributed by atoms with E-state index in [9.17, 15) is 4.79 Å². The Hall–Kier alpha value is -2.69. The lowest BCUT2D eigenvalue weighted by Gasteiger charge is -2.37. The van der Waals surface area contributed by atoms with Crippen LogP contribution in [0.3, 0.4) is 0 Å². The first-order valence-corrected chi connectivity index (χ1v) is 9.52. The summed E-state index contributed by atoms with van der Waals surface area (Å²) < 4.78 is 11.4. The van der Waals surface area contributed by atoms with E-state index in [0.29, 0.717) is 19.5 Å². The molecule has 2 aromatic rings. The molecule has 2 aromatic carbocycles. The number of para-hydroxylation sites is 2. The summed E-state index contributed by atoms with van der Waals surface area (Å²) in [5, 5.41) is 0. The Morgan fingerprint density at radius 1 is 1.04 bits per heavy atom. The van der Waals surface area contributed by atoms with E-state index in [2.05, 4.69) is 11.0 Å². The molecule has 1 aliphatic heterocycles. The number of methoxy groups -OCH3 is 1. The van der Waals surface area contributed by atoms with Gasteiger partial charge in [-0.05, 0) is 37.6 Å². The van der Waals surface area contributed by atoms with Crippen LogP contribution in [0, 0.1) is 6.92 Å². The molecule has 1 fully saturated rings. The van der Waals surface area contributed by atoms with Gasteiger partial charge in [0.15, 0.2) is 6.10 Å². The van der Waals surface area contributed by atoms with Gasteiger partial charge in [0.1, 0.15) is 11.5 Å². The molecule has 0 aliphatic carbocycles. The molecule has 1 amide bonds. The van der Waals surface area contributed by atoms with Crippen LogP contribution in [0.2, 0.25) is 0 Å². The largest absolute Gasteiger partial charge is 0.495 e. The maximum atomic E-state index is 12.9. The number of hydrogen-bond acceptors (Lipinski definition) is 4. The van der Waals surface area contributed by atoms with Crippen molar-refractivity contribution in [3.8, 4) is 11.5 Å². The molecule has 1 atom stereocenters. The Bertz CT molecular complexity index is 752. The first kappa shape index (κ1) is 19.1. The summed E-state index contributed by atoms with van der Waals surface area (Å²) >= 11 is 0. The van der Waals surface area contributed by atoms with Crippen LogP contribution < -0.4 is 14.4 Å². The Kier molecular flexibility index (Phi) is 6.22. The van der Waals surface area contributed by atoms with Gasteiger partial charge in [-0.15, -0.1) is 0 Å².